The Kier molecular flexibility index (Phi) is 2.08. The maximum absolute atomic E-state index is 9.93. The van der Waals surface area contributed by atoms with Crippen molar-refractivity contribution in [3.8, 4) is 0 Å². The van der Waals surface area contributed by atoms with E-state index >= 15 is 0 Å². The predicted molar refractivity (Wildman–Crippen MR) is 80.6 cm³/mol. The summed E-state index contributed by atoms with van der Waals surface area (Å²) in [5, 5.41) is 5.24. The van der Waals surface area contributed by atoms with Crippen molar-refractivity contribution in [1.82, 2.24) is 0 Å². The fourth-order valence-electron chi connectivity index (χ4n) is 3.36. The van der Waals surface area contributed by atoms with Crippen LogP contribution >= 0.6 is 0 Å². The molecule has 0 fully saturated rings. The Morgan fingerprint density at radius 2 is 1.74 bits per heavy atom. The second-order valence-electron chi connectivity index (χ2n) is 5.37. The first-order chi connectivity index (χ1) is 9.25. The van der Waals surface area contributed by atoms with E-state index in [2.05, 4.69) is 49.4 Å². The largest absolute Gasteiger partial charge is 0.324 e. The minimum absolute atomic E-state index is 0.543. The van der Waals surface area contributed by atoms with Crippen LogP contribution in [0.3, 0.4) is 0 Å². The molecule has 1 aliphatic carbocycles. The molecule has 0 aromatic heterocycles. The third-order valence-electron chi connectivity index (χ3n) is 4.28. The zero-order valence-electron chi connectivity index (χ0n) is 10.9. The molecule has 3 aromatic rings. The van der Waals surface area contributed by atoms with Crippen LogP contribution in [0, 0.1) is 6.92 Å². The molecule has 1 heteroatoms. The van der Waals surface area contributed by atoms with Crippen molar-refractivity contribution in [2.75, 3.05) is 0 Å². The van der Waals surface area contributed by atoms with E-state index in [0.717, 1.165) is 18.4 Å². The molecule has 1 nitrogen and oxygen atoms in total. The Balaban J connectivity index is 2.22. The van der Waals surface area contributed by atoms with Gasteiger partial charge in [0.2, 0.25) is 0 Å². The van der Waals surface area contributed by atoms with Crippen LogP contribution in [-0.2, 0) is 6.42 Å². The summed E-state index contributed by atoms with van der Waals surface area (Å²) in [6, 6.07) is 15.1. The van der Waals surface area contributed by atoms with Crippen molar-refractivity contribution in [2.45, 2.75) is 19.8 Å². The highest BCUT2D eigenvalue weighted by Crippen LogP contribution is 2.34. The average Bonchev–Trinajstić information content (AvgIpc) is 2.80. The average molecular weight is 247 g/mol. The first kappa shape index (κ1) is 10.7. The number of hydrogen-bond donors (Lipinski definition) is 0. The predicted octanol–water partition coefficient (Wildman–Crippen LogP) is 4.14. The number of carbonyl (C=O) groups excluding carboxylic acids is 1. The van der Waals surface area contributed by atoms with Gasteiger partial charge < -0.3 is 0 Å². The standard InChI is InChI=1S/C18H14O/c1-11-3-2-4-12-5-6-14-13-9-10-17(19)15(13)7-8-16(14)18(11)12/h2-8H,9-10H2,1H3/p+1. The molecular formula is C18H15O+. The van der Waals surface area contributed by atoms with Crippen LogP contribution in [0.15, 0.2) is 42.5 Å². The highest BCUT2D eigenvalue weighted by molar-refractivity contribution is 6.14. The van der Waals surface area contributed by atoms with Crippen LogP contribution in [0.5, 0.6) is 0 Å². The van der Waals surface area contributed by atoms with Gasteiger partial charge in [-0.25, -0.2) is 0 Å². The van der Waals surface area contributed by atoms with E-state index in [4.69, 9.17) is 0 Å². The van der Waals surface area contributed by atoms with Crippen LogP contribution in [0.4, 0.5) is 0 Å². The van der Waals surface area contributed by atoms with E-state index in [1.165, 1.54) is 32.7 Å². The van der Waals surface area contributed by atoms with Crippen molar-refractivity contribution in [3.05, 3.63) is 59.2 Å². The van der Waals surface area contributed by atoms with E-state index in [-0.39, 0.29) is 0 Å². The van der Waals surface area contributed by atoms with E-state index in [9.17, 15) is 4.79 Å². The Labute approximate surface area is 111 Å². The maximum atomic E-state index is 9.93. The van der Waals surface area contributed by atoms with Crippen molar-refractivity contribution in [2.24, 2.45) is 0 Å². The number of fused-ring (bicyclic) bond motifs is 5. The smallest absolute Gasteiger partial charge is 0.278 e. The minimum atomic E-state index is 0.543. The summed E-state index contributed by atoms with van der Waals surface area (Å²) >= 11 is 0. The molecule has 0 aliphatic heterocycles. The molecule has 0 amide bonds. The second-order valence-corrected chi connectivity index (χ2v) is 5.37. The molecule has 1 aliphatic rings. The fraction of sp³-hybridized carbons (Fsp3) is 0.167. The minimum Gasteiger partial charge on any atom is -0.278 e. The molecule has 0 radical (unpaired) electrons. The first-order valence-corrected chi connectivity index (χ1v) is 6.75. The van der Waals surface area contributed by atoms with Gasteiger partial charge in [-0.3, -0.25) is 4.79 Å². The van der Waals surface area contributed by atoms with Gasteiger partial charge in [0.1, 0.15) is 0 Å². The third kappa shape index (κ3) is 1.39. The molecule has 0 atom stereocenters. The van der Waals surface area contributed by atoms with Crippen LogP contribution < -0.4 is 0 Å². The van der Waals surface area contributed by atoms with E-state index in [1.54, 1.807) is 0 Å². The second kappa shape index (κ2) is 3.67. The molecule has 0 heterocycles. The van der Waals surface area contributed by atoms with Gasteiger partial charge in [-0.1, -0.05) is 36.4 Å². The van der Waals surface area contributed by atoms with E-state index < -0.39 is 0 Å². The molecule has 0 unspecified atom stereocenters. The number of ketones is 1. The van der Waals surface area contributed by atoms with Crippen molar-refractivity contribution in [1.29, 1.82) is 0 Å². The Bertz CT molecular complexity index is 843. The highest BCUT2D eigenvalue weighted by atomic mass is 16.1. The zero-order valence-corrected chi connectivity index (χ0v) is 10.9. The number of benzene rings is 3. The summed E-state index contributed by atoms with van der Waals surface area (Å²) in [6.45, 7) is 2.17. The summed E-state index contributed by atoms with van der Waals surface area (Å²) in [5.74, 6) is 0.543. The van der Waals surface area contributed by atoms with E-state index in [1.807, 2.05) is 0 Å². The van der Waals surface area contributed by atoms with Crippen molar-refractivity contribution in [3.63, 3.8) is 0 Å². The SMILES string of the molecule is Cc1cccc2ccc3c4c(ccc3c12)C(=[OH+])CC4. The molecule has 0 saturated carbocycles. The van der Waals surface area contributed by atoms with Crippen molar-refractivity contribution >= 4 is 27.3 Å². The molecule has 19 heavy (non-hydrogen) atoms. The summed E-state index contributed by atoms with van der Waals surface area (Å²) in [7, 11) is 0. The molecule has 1 N–H and O–H groups in total. The van der Waals surface area contributed by atoms with Crippen LogP contribution in [-0.4, -0.2) is 10.6 Å². The van der Waals surface area contributed by atoms with Gasteiger partial charge in [0.05, 0.1) is 12.0 Å². The van der Waals surface area contributed by atoms with Gasteiger partial charge >= 0.3 is 5.78 Å². The Morgan fingerprint density at radius 3 is 2.63 bits per heavy atom. The highest BCUT2D eigenvalue weighted by Gasteiger charge is 2.26. The van der Waals surface area contributed by atoms with Gasteiger partial charge in [0, 0.05) is 0 Å². The normalized spacial score (nSPS) is 14.3. The van der Waals surface area contributed by atoms with Crippen LogP contribution in [0.1, 0.15) is 23.1 Å². The van der Waals surface area contributed by atoms with Gasteiger partial charge in [0.15, 0.2) is 0 Å². The van der Waals surface area contributed by atoms with Gasteiger partial charge in [-0.05, 0) is 52.1 Å². The summed E-state index contributed by atoms with van der Waals surface area (Å²) < 4.78 is 0. The lowest BCUT2D eigenvalue weighted by Gasteiger charge is -2.09. The molecule has 0 saturated heterocycles. The summed E-state index contributed by atoms with van der Waals surface area (Å²) in [5.41, 5.74) is 3.66. The lowest BCUT2D eigenvalue weighted by Crippen LogP contribution is -1.93. The monoisotopic (exact) mass is 247 g/mol. The number of rotatable bonds is 0. The summed E-state index contributed by atoms with van der Waals surface area (Å²) in [4.78, 5) is 9.93. The first-order valence-electron chi connectivity index (χ1n) is 6.75. The maximum Gasteiger partial charge on any atom is 0.324 e. The fourth-order valence-corrected chi connectivity index (χ4v) is 3.36. The quantitative estimate of drug-likeness (QED) is 0.420. The lowest BCUT2D eigenvalue weighted by atomic mass is 9.94. The van der Waals surface area contributed by atoms with Gasteiger partial charge in [0.25, 0.3) is 0 Å². The molecule has 4 rings (SSSR count). The molecule has 3 aromatic carbocycles. The van der Waals surface area contributed by atoms with Crippen LogP contribution in [0.25, 0.3) is 21.5 Å². The van der Waals surface area contributed by atoms with Crippen molar-refractivity contribution < 1.29 is 4.79 Å². The Hall–Kier alpha value is -2.15. The zero-order chi connectivity index (χ0) is 13.0. The van der Waals surface area contributed by atoms with E-state index in [0.29, 0.717) is 5.78 Å². The lowest BCUT2D eigenvalue weighted by molar-refractivity contribution is 0.666. The topological polar surface area (TPSA) is 21.4 Å². The number of aryl methyl sites for hydroxylation is 2. The third-order valence-corrected chi connectivity index (χ3v) is 4.28. The molecular weight excluding hydrogens is 232 g/mol. The van der Waals surface area contributed by atoms with Gasteiger partial charge in [-0.2, -0.15) is 0 Å². The Morgan fingerprint density at radius 1 is 0.895 bits per heavy atom. The molecule has 0 spiro atoms. The van der Waals surface area contributed by atoms with Gasteiger partial charge in [-0.15, -0.1) is 0 Å². The summed E-state index contributed by atoms with van der Waals surface area (Å²) in [6.07, 6.45) is 1.73. The molecule has 92 valence electrons. The van der Waals surface area contributed by atoms with Crippen LogP contribution in [0.2, 0.25) is 0 Å². The molecule has 0 bridgehead atoms. The number of hydrogen-bond acceptors (Lipinski definition) is 0.